The van der Waals surface area contributed by atoms with Gasteiger partial charge in [-0.15, -0.1) is 0 Å². The summed E-state index contributed by atoms with van der Waals surface area (Å²) in [6.07, 6.45) is 6.39. The Balaban J connectivity index is 1.90. The monoisotopic (exact) mass is 367 g/mol. The number of carbonyl (C=O) groups excluding carboxylic acids is 1. The highest BCUT2D eigenvalue weighted by molar-refractivity contribution is 6.16. The quantitative estimate of drug-likeness (QED) is 0.336. The minimum absolute atomic E-state index is 0.360. The summed E-state index contributed by atoms with van der Waals surface area (Å²) in [7, 11) is 1.40. The van der Waals surface area contributed by atoms with Gasteiger partial charge in [-0.1, -0.05) is 42.5 Å². The molecule has 0 fully saturated rings. The topological polar surface area (TPSA) is 39.2 Å². The van der Waals surface area contributed by atoms with Crippen molar-refractivity contribution < 1.29 is 9.53 Å². The van der Waals surface area contributed by atoms with E-state index in [0.29, 0.717) is 5.69 Å². The van der Waals surface area contributed by atoms with Gasteiger partial charge >= 0.3 is 5.97 Å². The second-order valence-electron chi connectivity index (χ2n) is 7.37. The fraction of sp³-hybridized carbons (Fsp3) is 0.200. The molecule has 3 aromatic carbocycles. The normalized spacial score (nSPS) is 13.5. The van der Waals surface area contributed by atoms with Crippen LogP contribution in [0.5, 0.6) is 0 Å². The maximum Gasteiger partial charge on any atom is 0.357 e. The van der Waals surface area contributed by atoms with Crippen LogP contribution >= 0.6 is 0 Å². The molecule has 0 radical (unpaired) electrons. The van der Waals surface area contributed by atoms with E-state index in [0.717, 1.165) is 29.4 Å². The molecule has 5 rings (SSSR count). The van der Waals surface area contributed by atoms with Crippen LogP contribution in [-0.4, -0.2) is 18.1 Å². The lowest BCUT2D eigenvalue weighted by atomic mass is 9.84. The highest BCUT2D eigenvalue weighted by Crippen LogP contribution is 2.39. The standard InChI is InChI=1S/C25H21NO2/c1-28-25(27)24-21(11-6-14-26-24)23-15-22-17-8-3-2-7-16(17)12-13-20(22)18-9-4-5-10-19(18)23/h4-6,9-15H,2-3,7-8H2,1H3. The Bertz CT molecular complexity index is 1230. The molecule has 0 N–H and O–H groups in total. The van der Waals surface area contributed by atoms with Crippen LogP contribution in [0.2, 0.25) is 0 Å². The summed E-state index contributed by atoms with van der Waals surface area (Å²) in [4.78, 5) is 16.7. The van der Waals surface area contributed by atoms with Crippen molar-refractivity contribution in [3.05, 3.63) is 77.6 Å². The van der Waals surface area contributed by atoms with Gasteiger partial charge in [-0.3, -0.25) is 0 Å². The Morgan fingerprint density at radius 3 is 2.50 bits per heavy atom. The van der Waals surface area contributed by atoms with Crippen LogP contribution < -0.4 is 0 Å². The highest BCUT2D eigenvalue weighted by atomic mass is 16.5. The first-order chi connectivity index (χ1) is 13.8. The summed E-state index contributed by atoms with van der Waals surface area (Å²) in [5.41, 5.74) is 5.13. The maximum atomic E-state index is 12.4. The summed E-state index contributed by atoms with van der Waals surface area (Å²) in [6.45, 7) is 0. The van der Waals surface area contributed by atoms with Crippen LogP contribution in [0.15, 0.2) is 60.8 Å². The number of carbonyl (C=O) groups is 1. The van der Waals surface area contributed by atoms with E-state index < -0.39 is 5.97 Å². The van der Waals surface area contributed by atoms with E-state index >= 15 is 0 Å². The number of rotatable bonds is 2. The van der Waals surface area contributed by atoms with Crippen LogP contribution in [0.3, 0.4) is 0 Å². The molecule has 1 aliphatic carbocycles. The number of hydrogen-bond acceptors (Lipinski definition) is 3. The van der Waals surface area contributed by atoms with Crippen molar-refractivity contribution in [3.8, 4) is 11.1 Å². The van der Waals surface area contributed by atoms with Gasteiger partial charge in [0.05, 0.1) is 7.11 Å². The largest absolute Gasteiger partial charge is 0.464 e. The first kappa shape index (κ1) is 16.9. The van der Waals surface area contributed by atoms with Crippen LogP contribution in [0.4, 0.5) is 0 Å². The molecule has 4 aromatic rings. The number of aryl methyl sites for hydroxylation is 2. The minimum Gasteiger partial charge on any atom is -0.464 e. The molecule has 0 spiro atoms. The third kappa shape index (κ3) is 2.58. The molecule has 0 unspecified atom stereocenters. The van der Waals surface area contributed by atoms with E-state index in [1.165, 1.54) is 47.2 Å². The number of methoxy groups -OCH3 is 1. The average Bonchev–Trinajstić information content (AvgIpc) is 2.77. The third-order valence-corrected chi connectivity index (χ3v) is 5.85. The summed E-state index contributed by atoms with van der Waals surface area (Å²) in [6, 6.07) is 19.1. The van der Waals surface area contributed by atoms with Crippen molar-refractivity contribution in [1.82, 2.24) is 4.98 Å². The molecule has 0 bridgehead atoms. The number of aromatic nitrogens is 1. The summed E-state index contributed by atoms with van der Waals surface area (Å²) in [5.74, 6) is -0.408. The van der Waals surface area contributed by atoms with Gasteiger partial charge in [0.1, 0.15) is 0 Å². The zero-order chi connectivity index (χ0) is 19.1. The lowest BCUT2D eigenvalue weighted by Crippen LogP contribution is -2.07. The molecular formula is C25H21NO2. The molecule has 1 aromatic heterocycles. The van der Waals surface area contributed by atoms with E-state index in [-0.39, 0.29) is 0 Å². The fourth-order valence-corrected chi connectivity index (χ4v) is 4.54. The number of ether oxygens (including phenoxy) is 1. The van der Waals surface area contributed by atoms with Gasteiger partial charge in [-0.05, 0) is 76.1 Å². The molecule has 138 valence electrons. The van der Waals surface area contributed by atoms with Gasteiger partial charge in [0.15, 0.2) is 5.69 Å². The molecule has 0 amide bonds. The van der Waals surface area contributed by atoms with E-state index in [1.807, 2.05) is 18.2 Å². The number of esters is 1. The number of nitrogens with zero attached hydrogens (tertiary/aromatic N) is 1. The summed E-state index contributed by atoms with van der Waals surface area (Å²) < 4.78 is 4.99. The second kappa shape index (κ2) is 6.75. The zero-order valence-corrected chi connectivity index (χ0v) is 15.9. The molecule has 28 heavy (non-hydrogen) atoms. The Morgan fingerprint density at radius 1 is 0.857 bits per heavy atom. The number of pyridine rings is 1. The Kier molecular flexibility index (Phi) is 4.09. The first-order valence-corrected chi connectivity index (χ1v) is 9.78. The van der Waals surface area contributed by atoms with E-state index in [4.69, 9.17) is 4.74 Å². The van der Waals surface area contributed by atoms with E-state index in [9.17, 15) is 4.79 Å². The smallest absolute Gasteiger partial charge is 0.357 e. The number of fused-ring (bicyclic) bond motifs is 5. The van der Waals surface area contributed by atoms with Gasteiger partial charge in [-0.2, -0.15) is 0 Å². The SMILES string of the molecule is COC(=O)c1ncccc1-c1cc2c3c(ccc2c2ccccc12)CCCC3. The predicted molar refractivity (Wildman–Crippen MR) is 113 cm³/mol. The van der Waals surface area contributed by atoms with E-state index in [1.54, 1.807) is 6.20 Å². The first-order valence-electron chi connectivity index (χ1n) is 9.78. The predicted octanol–water partition coefficient (Wildman–Crippen LogP) is 5.72. The molecule has 3 nitrogen and oxygen atoms in total. The molecule has 1 aliphatic rings. The third-order valence-electron chi connectivity index (χ3n) is 5.85. The van der Waals surface area contributed by atoms with Gasteiger partial charge in [0.2, 0.25) is 0 Å². The Labute approximate surface area is 164 Å². The van der Waals surface area contributed by atoms with Crippen molar-refractivity contribution in [2.75, 3.05) is 7.11 Å². The zero-order valence-electron chi connectivity index (χ0n) is 15.9. The lowest BCUT2D eigenvalue weighted by Gasteiger charge is -2.20. The maximum absolute atomic E-state index is 12.4. The van der Waals surface area contributed by atoms with Crippen LogP contribution in [0.1, 0.15) is 34.5 Å². The van der Waals surface area contributed by atoms with Gasteiger partial charge in [-0.25, -0.2) is 9.78 Å². The second-order valence-corrected chi connectivity index (χ2v) is 7.37. The van der Waals surface area contributed by atoms with Crippen molar-refractivity contribution in [3.63, 3.8) is 0 Å². The summed E-state index contributed by atoms with van der Waals surface area (Å²) in [5, 5.41) is 4.92. The molecular weight excluding hydrogens is 346 g/mol. The van der Waals surface area contributed by atoms with Gasteiger partial charge in [0.25, 0.3) is 0 Å². The van der Waals surface area contributed by atoms with Crippen molar-refractivity contribution in [2.24, 2.45) is 0 Å². The van der Waals surface area contributed by atoms with Gasteiger partial charge in [0, 0.05) is 11.8 Å². The molecule has 3 heteroatoms. The highest BCUT2D eigenvalue weighted by Gasteiger charge is 2.20. The minimum atomic E-state index is -0.408. The molecule has 0 aliphatic heterocycles. The average molecular weight is 367 g/mol. The molecule has 1 heterocycles. The number of hydrogen-bond donors (Lipinski definition) is 0. The van der Waals surface area contributed by atoms with Crippen LogP contribution in [0, 0.1) is 0 Å². The Morgan fingerprint density at radius 2 is 1.64 bits per heavy atom. The fourth-order valence-electron chi connectivity index (χ4n) is 4.54. The molecule has 0 atom stereocenters. The van der Waals surface area contributed by atoms with Gasteiger partial charge < -0.3 is 4.74 Å². The van der Waals surface area contributed by atoms with E-state index in [2.05, 4.69) is 41.4 Å². The van der Waals surface area contributed by atoms with Crippen molar-refractivity contribution in [2.45, 2.75) is 25.7 Å². The van der Waals surface area contributed by atoms with Crippen molar-refractivity contribution in [1.29, 1.82) is 0 Å². The molecule has 0 saturated carbocycles. The van der Waals surface area contributed by atoms with Crippen LogP contribution in [0.25, 0.3) is 32.7 Å². The lowest BCUT2D eigenvalue weighted by molar-refractivity contribution is 0.0595. The Hall–Kier alpha value is -3.20. The van der Waals surface area contributed by atoms with Crippen molar-refractivity contribution >= 4 is 27.5 Å². The number of benzene rings is 3. The summed E-state index contributed by atoms with van der Waals surface area (Å²) >= 11 is 0. The van der Waals surface area contributed by atoms with Crippen LogP contribution in [-0.2, 0) is 17.6 Å². The molecule has 0 saturated heterocycles.